The highest BCUT2D eigenvalue weighted by Crippen LogP contribution is 2.47. The van der Waals surface area contributed by atoms with Crippen molar-refractivity contribution in [2.45, 2.75) is 0 Å². The summed E-state index contributed by atoms with van der Waals surface area (Å²) >= 11 is 0. The lowest BCUT2D eigenvalue weighted by Crippen LogP contribution is -1.97. The molecule has 0 spiro atoms. The van der Waals surface area contributed by atoms with E-state index in [-0.39, 0.29) is 23.9 Å². The van der Waals surface area contributed by atoms with E-state index < -0.39 is 0 Å². The predicted molar refractivity (Wildman–Crippen MR) is 175 cm³/mol. The Morgan fingerprint density at radius 2 is 1.21 bits per heavy atom. The number of rotatable bonds is 3. The second-order valence-electron chi connectivity index (χ2n) is 10.7. The van der Waals surface area contributed by atoms with E-state index in [0.717, 1.165) is 49.7 Å². The molecule has 0 amide bonds. The summed E-state index contributed by atoms with van der Waals surface area (Å²) < 4.78 is 35.5. The molecule has 2 nitrogen and oxygen atoms in total. The van der Waals surface area contributed by atoms with Crippen molar-refractivity contribution in [1.29, 1.82) is 0 Å². The van der Waals surface area contributed by atoms with Gasteiger partial charge < -0.3 is 9.30 Å². The first-order valence-electron chi connectivity index (χ1n) is 15.6. The Balaban J connectivity index is 1.17. The normalized spacial score (nSPS) is 13.0. The standard InChI is InChI=1S/C40H25NO/c1-2-10-31(11-3-1)41-36-14-5-4-12-32(36)34-24-29(20-22-37(34)41)26-16-18-27(19-17-26)30-21-23-38-35(25-30)33-13-6-8-28-9-7-15-39(42-38)40(28)33/h1-25H/i21D,23D,25D. The Labute approximate surface area is 247 Å². The van der Waals surface area contributed by atoms with Crippen LogP contribution in [0.4, 0.5) is 0 Å². The second-order valence-corrected chi connectivity index (χ2v) is 10.7. The van der Waals surface area contributed by atoms with Crippen molar-refractivity contribution in [3.63, 3.8) is 0 Å². The van der Waals surface area contributed by atoms with Gasteiger partial charge in [-0.25, -0.2) is 0 Å². The Hall–Kier alpha value is -5.60. The molecular weight excluding hydrogens is 510 g/mol. The van der Waals surface area contributed by atoms with Gasteiger partial charge in [-0.3, -0.25) is 0 Å². The fourth-order valence-electron chi connectivity index (χ4n) is 6.35. The van der Waals surface area contributed by atoms with Gasteiger partial charge in [0, 0.05) is 27.4 Å². The number of hydrogen-bond donors (Lipinski definition) is 0. The molecule has 0 fully saturated rings. The van der Waals surface area contributed by atoms with Crippen molar-refractivity contribution in [1.82, 2.24) is 4.57 Å². The minimum atomic E-state index is -0.00756. The quantitative estimate of drug-likeness (QED) is 0.218. The molecule has 0 bridgehead atoms. The molecule has 0 saturated carbocycles. The highest BCUT2D eigenvalue weighted by Gasteiger charge is 2.20. The zero-order valence-electron chi connectivity index (χ0n) is 25.6. The maximum Gasteiger partial charge on any atom is 0.135 e. The van der Waals surface area contributed by atoms with Gasteiger partial charge in [0.2, 0.25) is 0 Å². The van der Waals surface area contributed by atoms with Crippen molar-refractivity contribution in [3.8, 4) is 50.6 Å². The molecule has 0 N–H and O–H groups in total. The van der Waals surface area contributed by atoms with Crippen LogP contribution in [-0.2, 0) is 0 Å². The van der Waals surface area contributed by atoms with Gasteiger partial charge in [0.05, 0.1) is 15.1 Å². The summed E-state index contributed by atoms with van der Waals surface area (Å²) in [7, 11) is 0. The maximum absolute atomic E-state index is 9.28. The SMILES string of the molecule is [2H]c1c([2H])c(-c2ccc(-c3ccc4c(c3)c3ccccc3n4-c3ccccc3)cc2)c([2H])c2c1Oc1cccc3cccc-2c13. The van der Waals surface area contributed by atoms with Crippen molar-refractivity contribution >= 4 is 32.6 Å². The highest BCUT2D eigenvalue weighted by atomic mass is 16.5. The molecule has 1 aliphatic heterocycles. The van der Waals surface area contributed by atoms with Gasteiger partial charge in [-0.2, -0.15) is 0 Å². The fourth-order valence-corrected chi connectivity index (χ4v) is 6.35. The minimum absolute atomic E-state index is 0.00630. The Bertz CT molecular complexity index is 2480. The minimum Gasteiger partial charge on any atom is -0.456 e. The van der Waals surface area contributed by atoms with E-state index in [2.05, 4.69) is 71.3 Å². The van der Waals surface area contributed by atoms with Gasteiger partial charge in [-0.1, -0.05) is 103 Å². The lowest BCUT2D eigenvalue weighted by molar-refractivity contribution is 0.487. The van der Waals surface area contributed by atoms with Gasteiger partial charge in [-0.15, -0.1) is 0 Å². The lowest BCUT2D eigenvalue weighted by atomic mass is 9.92. The van der Waals surface area contributed by atoms with Crippen LogP contribution in [0.3, 0.4) is 0 Å². The average molecular weight is 539 g/mol. The van der Waals surface area contributed by atoms with Crippen LogP contribution in [0.5, 0.6) is 11.5 Å². The molecule has 42 heavy (non-hydrogen) atoms. The molecule has 7 aromatic carbocycles. The summed E-state index contributed by atoms with van der Waals surface area (Å²) in [6.45, 7) is 0. The molecule has 8 aromatic rings. The Morgan fingerprint density at radius 1 is 0.500 bits per heavy atom. The van der Waals surface area contributed by atoms with Gasteiger partial charge in [0.15, 0.2) is 0 Å². The third kappa shape index (κ3) is 3.45. The van der Waals surface area contributed by atoms with E-state index in [9.17, 15) is 1.37 Å². The van der Waals surface area contributed by atoms with Crippen LogP contribution in [0.15, 0.2) is 152 Å². The van der Waals surface area contributed by atoms with Crippen molar-refractivity contribution in [3.05, 3.63) is 152 Å². The van der Waals surface area contributed by atoms with Crippen LogP contribution in [0.2, 0.25) is 0 Å². The monoisotopic (exact) mass is 538 g/mol. The first-order chi connectivity index (χ1) is 22.1. The zero-order valence-corrected chi connectivity index (χ0v) is 22.6. The zero-order chi connectivity index (χ0) is 30.2. The van der Waals surface area contributed by atoms with Crippen LogP contribution < -0.4 is 4.74 Å². The van der Waals surface area contributed by atoms with Crippen LogP contribution in [0.25, 0.3) is 71.6 Å². The summed E-state index contributed by atoms with van der Waals surface area (Å²) in [4.78, 5) is 0. The molecule has 196 valence electrons. The van der Waals surface area contributed by atoms with Gasteiger partial charge in [0.1, 0.15) is 11.5 Å². The molecule has 2 heteroatoms. The van der Waals surface area contributed by atoms with Crippen LogP contribution in [-0.4, -0.2) is 4.57 Å². The van der Waals surface area contributed by atoms with Crippen molar-refractivity contribution < 1.29 is 8.85 Å². The number of nitrogens with zero attached hydrogens (tertiary/aromatic N) is 1. The number of hydrogen-bond acceptors (Lipinski definition) is 1. The van der Waals surface area contributed by atoms with Crippen molar-refractivity contribution in [2.24, 2.45) is 0 Å². The molecule has 2 heterocycles. The van der Waals surface area contributed by atoms with E-state index in [1.54, 1.807) is 0 Å². The summed E-state index contributed by atoms with van der Waals surface area (Å²) in [5.74, 6) is 0.934. The lowest BCUT2D eigenvalue weighted by Gasteiger charge is -2.22. The summed E-state index contributed by atoms with van der Waals surface area (Å²) in [5.41, 5.74) is 8.18. The number of ether oxygens (including phenoxy) is 1. The van der Waals surface area contributed by atoms with E-state index in [1.165, 1.54) is 10.8 Å². The molecule has 9 rings (SSSR count). The molecule has 0 radical (unpaired) electrons. The maximum atomic E-state index is 9.28. The first-order valence-corrected chi connectivity index (χ1v) is 14.1. The molecule has 0 aliphatic carbocycles. The van der Waals surface area contributed by atoms with E-state index in [1.807, 2.05) is 66.7 Å². The largest absolute Gasteiger partial charge is 0.456 e. The topological polar surface area (TPSA) is 14.2 Å². The van der Waals surface area contributed by atoms with Gasteiger partial charge in [0.25, 0.3) is 0 Å². The van der Waals surface area contributed by atoms with Crippen LogP contribution in [0, 0.1) is 0 Å². The van der Waals surface area contributed by atoms with Crippen LogP contribution >= 0.6 is 0 Å². The number of para-hydroxylation sites is 2. The average Bonchev–Trinajstić information content (AvgIpc) is 3.42. The molecule has 1 aromatic heterocycles. The molecule has 0 unspecified atom stereocenters. The molecule has 0 saturated heterocycles. The molecule has 1 aliphatic rings. The van der Waals surface area contributed by atoms with E-state index in [4.69, 9.17) is 7.48 Å². The summed E-state index contributed by atoms with van der Waals surface area (Å²) in [5, 5.41) is 4.33. The van der Waals surface area contributed by atoms with E-state index in [0.29, 0.717) is 16.9 Å². The third-order valence-electron chi connectivity index (χ3n) is 8.32. The summed E-state index contributed by atoms with van der Waals surface area (Å²) in [6, 6.07) is 45.5. The van der Waals surface area contributed by atoms with Gasteiger partial charge in [-0.05, 0) is 81.7 Å². The predicted octanol–water partition coefficient (Wildman–Crippen LogP) is 11.0. The molecular formula is C40H25NO. The summed E-state index contributed by atoms with van der Waals surface area (Å²) in [6.07, 6.45) is 0. The Morgan fingerprint density at radius 3 is 2.07 bits per heavy atom. The number of aromatic nitrogens is 1. The van der Waals surface area contributed by atoms with Crippen LogP contribution in [0.1, 0.15) is 4.11 Å². The molecule has 0 atom stereocenters. The number of benzene rings is 7. The van der Waals surface area contributed by atoms with Crippen molar-refractivity contribution in [2.75, 3.05) is 0 Å². The number of fused-ring (bicyclic) bond motifs is 5. The third-order valence-corrected chi connectivity index (χ3v) is 8.32. The Kier molecular flexibility index (Phi) is 4.33. The fraction of sp³-hybridized carbons (Fsp3) is 0. The first kappa shape index (κ1) is 20.3. The smallest absolute Gasteiger partial charge is 0.135 e. The van der Waals surface area contributed by atoms with Gasteiger partial charge >= 0.3 is 0 Å². The highest BCUT2D eigenvalue weighted by molar-refractivity contribution is 6.10. The second kappa shape index (κ2) is 8.95. The van der Waals surface area contributed by atoms with E-state index >= 15 is 0 Å².